The summed E-state index contributed by atoms with van der Waals surface area (Å²) in [4.78, 5) is 35.0. The largest absolute Gasteiger partial charge is 0.373 e. The molecule has 0 saturated heterocycles. The molecule has 3 rings (SSSR count). The van der Waals surface area contributed by atoms with Crippen LogP contribution in [-0.4, -0.2) is 41.2 Å². The molecular weight excluding hydrogens is 410 g/mol. The summed E-state index contributed by atoms with van der Waals surface area (Å²) in [6, 6.07) is 8.00. The quantitative estimate of drug-likeness (QED) is 0.550. The first-order chi connectivity index (χ1) is 15.1. The van der Waals surface area contributed by atoms with Gasteiger partial charge in [0, 0.05) is 42.9 Å². The molecule has 10 nitrogen and oxygen atoms in total. The Morgan fingerprint density at radius 2 is 1.78 bits per heavy atom. The highest BCUT2D eigenvalue weighted by atomic mass is 16.5. The first kappa shape index (κ1) is 22.7. The smallest absolute Gasteiger partial charge is 0.327 e. The fourth-order valence-electron chi connectivity index (χ4n) is 2.74. The van der Waals surface area contributed by atoms with E-state index in [2.05, 4.69) is 31.1 Å². The molecule has 0 saturated carbocycles. The highest BCUT2D eigenvalue weighted by Gasteiger charge is 2.21. The van der Waals surface area contributed by atoms with E-state index in [-0.39, 0.29) is 11.3 Å². The Kier molecular flexibility index (Phi) is 6.42. The summed E-state index contributed by atoms with van der Waals surface area (Å²) in [5.41, 5.74) is 1.46. The van der Waals surface area contributed by atoms with Gasteiger partial charge in [-0.2, -0.15) is 0 Å². The molecule has 1 aromatic carbocycles. The van der Waals surface area contributed by atoms with Crippen LogP contribution in [0, 0.1) is 6.92 Å². The number of nitrogens with one attached hydrogen (secondary N) is 3. The van der Waals surface area contributed by atoms with Crippen LogP contribution in [0.3, 0.4) is 0 Å². The molecule has 0 aliphatic heterocycles. The Bertz CT molecular complexity index is 1130. The van der Waals surface area contributed by atoms with Crippen molar-refractivity contribution >= 4 is 35.1 Å². The van der Waals surface area contributed by atoms with Crippen LogP contribution < -0.4 is 20.9 Å². The minimum Gasteiger partial charge on any atom is -0.373 e. The van der Waals surface area contributed by atoms with E-state index in [4.69, 9.17) is 4.52 Å². The number of carbonyl (C=O) groups is 2. The van der Waals surface area contributed by atoms with E-state index in [1.807, 2.05) is 27.7 Å². The Morgan fingerprint density at radius 3 is 2.44 bits per heavy atom. The SMILES string of the molecule is CNc1cc(N(C)C(=O)Nc2cc(C(=O)Nc3cc(C(C)(C)C)on3)ccc2C)ncn1. The fourth-order valence-corrected chi connectivity index (χ4v) is 2.74. The molecule has 0 aliphatic rings. The molecule has 168 valence electrons. The molecule has 0 radical (unpaired) electrons. The minimum atomic E-state index is -0.405. The van der Waals surface area contributed by atoms with E-state index in [1.54, 1.807) is 44.4 Å². The standard InChI is InChI=1S/C22H27N7O3/c1-13-7-8-14(20(30)27-18-10-16(32-28-18)22(2,3)4)9-15(13)26-21(31)29(6)19-11-17(23-5)24-12-25-19/h7-12H,1-6H3,(H,26,31)(H,23,24,25)(H,27,28,30). The summed E-state index contributed by atoms with van der Waals surface area (Å²) < 4.78 is 5.30. The molecule has 10 heteroatoms. The lowest BCUT2D eigenvalue weighted by Gasteiger charge is -2.18. The third-order valence-corrected chi connectivity index (χ3v) is 4.79. The van der Waals surface area contributed by atoms with Crippen molar-refractivity contribution in [1.82, 2.24) is 15.1 Å². The van der Waals surface area contributed by atoms with Crippen LogP contribution in [0.4, 0.5) is 27.9 Å². The number of aromatic nitrogens is 3. The number of aryl methyl sites for hydroxylation is 1. The second kappa shape index (κ2) is 9.04. The van der Waals surface area contributed by atoms with Gasteiger partial charge in [-0.1, -0.05) is 32.0 Å². The van der Waals surface area contributed by atoms with E-state index in [0.29, 0.717) is 34.5 Å². The van der Waals surface area contributed by atoms with Crippen molar-refractivity contribution in [1.29, 1.82) is 0 Å². The number of nitrogens with zero attached hydrogens (tertiary/aromatic N) is 4. The van der Waals surface area contributed by atoms with Crippen molar-refractivity contribution in [2.24, 2.45) is 0 Å². The van der Waals surface area contributed by atoms with Crippen LogP contribution in [0.15, 0.2) is 41.2 Å². The van der Waals surface area contributed by atoms with Crippen molar-refractivity contribution in [3.05, 3.63) is 53.5 Å². The Hall–Kier alpha value is -3.95. The van der Waals surface area contributed by atoms with Crippen LogP contribution >= 0.6 is 0 Å². The van der Waals surface area contributed by atoms with E-state index in [1.165, 1.54) is 11.2 Å². The summed E-state index contributed by atoms with van der Waals surface area (Å²) in [5.74, 6) is 1.65. The fraction of sp³-hybridized carbons (Fsp3) is 0.318. The Labute approximate surface area is 186 Å². The monoisotopic (exact) mass is 437 g/mol. The van der Waals surface area contributed by atoms with Gasteiger partial charge in [0.05, 0.1) is 0 Å². The van der Waals surface area contributed by atoms with Crippen molar-refractivity contribution in [2.75, 3.05) is 34.9 Å². The molecule has 0 unspecified atom stereocenters. The number of rotatable bonds is 5. The summed E-state index contributed by atoms with van der Waals surface area (Å²) in [7, 11) is 3.33. The Balaban J connectivity index is 1.74. The molecule has 3 aromatic rings. The van der Waals surface area contributed by atoms with Gasteiger partial charge in [0.1, 0.15) is 23.7 Å². The second-order valence-electron chi connectivity index (χ2n) is 8.31. The number of amides is 3. The summed E-state index contributed by atoms with van der Waals surface area (Å²) >= 11 is 0. The lowest BCUT2D eigenvalue weighted by molar-refractivity contribution is 0.102. The summed E-state index contributed by atoms with van der Waals surface area (Å²) in [6.45, 7) is 7.82. The molecule has 2 heterocycles. The molecule has 3 N–H and O–H groups in total. The van der Waals surface area contributed by atoms with Crippen LogP contribution in [0.5, 0.6) is 0 Å². The number of hydrogen-bond donors (Lipinski definition) is 3. The van der Waals surface area contributed by atoms with Gasteiger partial charge in [0.2, 0.25) is 0 Å². The summed E-state index contributed by atoms with van der Waals surface area (Å²) in [5, 5.41) is 12.4. The Morgan fingerprint density at radius 1 is 1.03 bits per heavy atom. The third-order valence-electron chi connectivity index (χ3n) is 4.79. The lowest BCUT2D eigenvalue weighted by Crippen LogP contribution is -2.32. The maximum Gasteiger partial charge on any atom is 0.327 e. The molecule has 0 spiro atoms. The number of benzene rings is 1. The summed E-state index contributed by atoms with van der Waals surface area (Å²) in [6.07, 6.45) is 1.37. The molecule has 2 aromatic heterocycles. The van der Waals surface area contributed by atoms with Crippen molar-refractivity contribution in [3.8, 4) is 0 Å². The van der Waals surface area contributed by atoms with Crippen molar-refractivity contribution in [3.63, 3.8) is 0 Å². The molecule has 32 heavy (non-hydrogen) atoms. The normalized spacial score (nSPS) is 11.1. The van der Waals surface area contributed by atoms with Crippen LogP contribution in [-0.2, 0) is 5.41 Å². The van der Waals surface area contributed by atoms with Crippen molar-refractivity contribution in [2.45, 2.75) is 33.1 Å². The number of urea groups is 1. The van der Waals surface area contributed by atoms with Crippen LogP contribution in [0.25, 0.3) is 0 Å². The van der Waals surface area contributed by atoms with Crippen LogP contribution in [0.1, 0.15) is 42.5 Å². The molecule has 3 amide bonds. The van der Waals surface area contributed by atoms with Crippen LogP contribution in [0.2, 0.25) is 0 Å². The van der Waals surface area contributed by atoms with Crippen molar-refractivity contribution < 1.29 is 14.1 Å². The van der Waals surface area contributed by atoms with E-state index in [9.17, 15) is 9.59 Å². The zero-order chi connectivity index (χ0) is 23.5. The van der Waals surface area contributed by atoms with Gasteiger partial charge in [-0.15, -0.1) is 0 Å². The van der Waals surface area contributed by atoms with E-state index in [0.717, 1.165) is 5.56 Å². The molecular formula is C22H27N7O3. The molecule has 0 fully saturated rings. The number of carbonyl (C=O) groups excluding carboxylic acids is 2. The van der Waals surface area contributed by atoms with Gasteiger partial charge >= 0.3 is 6.03 Å². The first-order valence-corrected chi connectivity index (χ1v) is 10.0. The maximum absolute atomic E-state index is 12.7. The first-order valence-electron chi connectivity index (χ1n) is 10.0. The van der Waals surface area contributed by atoms with E-state index < -0.39 is 6.03 Å². The lowest BCUT2D eigenvalue weighted by atomic mass is 9.93. The highest BCUT2D eigenvalue weighted by Crippen LogP contribution is 2.25. The van der Waals surface area contributed by atoms with Gasteiger partial charge in [-0.05, 0) is 24.6 Å². The molecule has 0 atom stereocenters. The zero-order valence-electron chi connectivity index (χ0n) is 19.0. The predicted octanol–water partition coefficient (Wildman–Crippen LogP) is 4.03. The van der Waals surface area contributed by atoms with Gasteiger partial charge in [0.15, 0.2) is 5.82 Å². The second-order valence-corrected chi connectivity index (χ2v) is 8.31. The molecule has 0 bridgehead atoms. The van der Waals surface area contributed by atoms with Gasteiger partial charge in [0.25, 0.3) is 5.91 Å². The van der Waals surface area contributed by atoms with E-state index >= 15 is 0 Å². The van der Waals surface area contributed by atoms with Gasteiger partial charge < -0.3 is 20.5 Å². The number of anilines is 4. The average molecular weight is 438 g/mol. The third kappa shape index (κ3) is 5.20. The minimum absolute atomic E-state index is 0.221. The maximum atomic E-state index is 12.7. The zero-order valence-corrected chi connectivity index (χ0v) is 19.0. The molecule has 0 aliphatic carbocycles. The topological polar surface area (TPSA) is 125 Å². The average Bonchev–Trinajstić information content (AvgIpc) is 3.23. The van der Waals surface area contributed by atoms with Gasteiger partial charge in [-0.25, -0.2) is 14.8 Å². The predicted molar refractivity (Wildman–Crippen MR) is 123 cm³/mol. The van der Waals surface area contributed by atoms with Gasteiger partial charge in [-0.3, -0.25) is 9.69 Å². The highest BCUT2D eigenvalue weighted by molar-refractivity contribution is 6.06. The number of hydrogen-bond acceptors (Lipinski definition) is 7.